The van der Waals surface area contributed by atoms with Gasteiger partial charge < -0.3 is 19.9 Å². The maximum absolute atomic E-state index is 15.2. The molecule has 2 aliphatic heterocycles. The van der Waals surface area contributed by atoms with E-state index in [0.717, 1.165) is 32.4 Å². The fraction of sp³-hybridized carbons (Fsp3) is 0.429. The van der Waals surface area contributed by atoms with Gasteiger partial charge in [-0.3, -0.25) is 0 Å². The molecule has 2 aliphatic rings. The molecule has 2 unspecified atom stereocenters. The molecule has 3 heterocycles. The molecule has 37 heavy (non-hydrogen) atoms. The van der Waals surface area contributed by atoms with Gasteiger partial charge in [0.05, 0.1) is 23.6 Å². The highest BCUT2D eigenvalue weighted by Crippen LogP contribution is 2.42. The Bertz CT molecular complexity index is 1300. The predicted molar refractivity (Wildman–Crippen MR) is 139 cm³/mol. The second-order valence-corrected chi connectivity index (χ2v) is 10.1. The maximum Gasteiger partial charge on any atom is 0.178 e. The van der Waals surface area contributed by atoms with E-state index in [1.54, 1.807) is 12.1 Å². The number of hydrogen-bond acceptors (Lipinski definition) is 6. The van der Waals surface area contributed by atoms with Crippen molar-refractivity contribution >= 4 is 11.4 Å². The van der Waals surface area contributed by atoms with Crippen LogP contribution < -0.4 is 19.9 Å². The molecule has 2 atom stereocenters. The molecule has 0 saturated carbocycles. The second-order valence-electron chi connectivity index (χ2n) is 10.1. The zero-order valence-corrected chi connectivity index (χ0v) is 21.6. The summed E-state index contributed by atoms with van der Waals surface area (Å²) in [5, 5.41) is 3.26. The summed E-state index contributed by atoms with van der Waals surface area (Å²) >= 11 is 0. The lowest BCUT2D eigenvalue weighted by Gasteiger charge is -2.43. The molecule has 5 rings (SSSR count). The summed E-state index contributed by atoms with van der Waals surface area (Å²) in [7, 11) is 0. The van der Waals surface area contributed by atoms with E-state index in [1.165, 1.54) is 12.1 Å². The molecule has 1 N–H and O–H groups in total. The number of benzene rings is 2. The number of rotatable bonds is 5. The summed E-state index contributed by atoms with van der Waals surface area (Å²) in [6.45, 7) is 11.1. The topological polar surface area (TPSA) is 53.5 Å². The van der Waals surface area contributed by atoms with Gasteiger partial charge in [-0.15, -0.1) is 0 Å². The quantitative estimate of drug-likeness (QED) is 0.524. The monoisotopic (exact) mass is 511 g/mol. The van der Waals surface area contributed by atoms with Crippen LogP contribution in [0.3, 0.4) is 0 Å². The van der Waals surface area contributed by atoms with Crippen LogP contribution in [0.15, 0.2) is 36.5 Å². The first-order valence-electron chi connectivity index (χ1n) is 12.8. The lowest BCUT2D eigenvalue weighted by Crippen LogP contribution is -2.50. The van der Waals surface area contributed by atoms with Gasteiger partial charge in [0.2, 0.25) is 0 Å². The average molecular weight is 512 g/mol. The van der Waals surface area contributed by atoms with Crippen LogP contribution >= 0.6 is 0 Å². The van der Waals surface area contributed by atoms with E-state index in [1.807, 2.05) is 38.7 Å². The van der Waals surface area contributed by atoms with Crippen molar-refractivity contribution in [2.45, 2.75) is 52.3 Å². The van der Waals surface area contributed by atoms with Gasteiger partial charge in [-0.05, 0) is 57.5 Å². The summed E-state index contributed by atoms with van der Waals surface area (Å²) in [4.78, 5) is 12.6. The normalized spacial score (nSPS) is 19.7. The second kappa shape index (κ2) is 10.2. The van der Waals surface area contributed by atoms with Gasteiger partial charge in [0.1, 0.15) is 23.4 Å². The number of piperazine rings is 1. The summed E-state index contributed by atoms with van der Waals surface area (Å²) in [5.41, 5.74) is 2.11. The molecule has 9 heteroatoms. The molecule has 6 nitrogen and oxygen atoms in total. The number of nitrogens with zero attached hydrogens (tertiary/aromatic N) is 4. The van der Waals surface area contributed by atoms with Gasteiger partial charge in [0, 0.05) is 44.2 Å². The van der Waals surface area contributed by atoms with Crippen LogP contribution in [-0.2, 0) is 6.42 Å². The van der Waals surface area contributed by atoms with Gasteiger partial charge in [-0.25, -0.2) is 23.1 Å². The third-order valence-corrected chi connectivity index (χ3v) is 7.18. The Kier molecular flexibility index (Phi) is 6.98. The minimum Gasteiger partial charge on any atom is -0.483 e. The molecule has 0 amide bonds. The highest BCUT2D eigenvalue weighted by molar-refractivity contribution is 5.73. The molecule has 0 bridgehead atoms. The van der Waals surface area contributed by atoms with Crippen LogP contribution in [0.1, 0.15) is 39.1 Å². The van der Waals surface area contributed by atoms with Crippen molar-refractivity contribution in [3.8, 4) is 17.0 Å². The van der Waals surface area contributed by atoms with E-state index in [-0.39, 0.29) is 41.9 Å². The molecular formula is C28H32F3N5O. The first-order valence-corrected chi connectivity index (χ1v) is 12.8. The van der Waals surface area contributed by atoms with Crippen LogP contribution in [0.4, 0.5) is 24.5 Å². The number of anilines is 2. The number of hydrogen-bond donors (Lipinski definition) is 1. The number of nitrogens with one attached hydrogen (secondary N) is 1. The van der Waals surface area contributed by atoms with Crippen molar-refractivity contribution in [2.24, 2.45) is 0 Å². The Morgan fingerprint density at radius 1 is 1.00 bits per heavy atom. The van der Waals surface area contributed by atoms with E-state index >= 15 is 4.39 Å². The Labute approximate surface area is 215 Å². The highest BCUT2D eigenvalue weighted by Gasteiger charge is 2.34. The summed E-state index contributed by atoms with van der Waals surface area (Å²) in [6, 6.07) is 8.14. The molecule has 0 spiro atoms. The van der Waals surface area contributed by atoms with Gasteiger partial charge in [0.15, 0.2) is 17.4 Å². The maximum atomic E-state index is 15.2. The largest absolute Gasteiger partial charge is 0.483 e. The van der Waals surface area contributed by atoms with Crippen LogP contribution in [0.5, 0.6) is 5.75 Å². The lowest BCUT2D eigenvalue weighted by atomic mass is 10.0. The summed E-state index contributed by atoms with van der Waals surface area (Å²) in [5.74, 6) is -1.05. The number of halogens is 3. The molecule has 2 aromatic carbocycles. The van der Waals surface area contributed by atoms with Crippen LogP contribution in [0.2, 0.25) is 0 Å². The van der Waals surface area contributed by atoms with Gasteiger partial charge in [-0.1, -0.05) is 6.07 Å². The molecule has 1 aromatic heterocycles. The minimum absolute atomic E-state index is 0.000380. The zero-order valence-electron chi connectivity index (χ0n) is 21.6. The Morgan fingerprint density at radius 3 is 2.46 bits per heavy atom. The standard InChI is InChI=1S/C28H32F3N5O/c1-16(2)36-17(3)18(4)37-28-22(30)13-20(14-25(28)36)27-23(31)15-33-26(34-27)12-19-5-6-24(21(29)11-19)35-9-7-32-8-10-35/h5-6,11,13-18,32H,7-10,12H2,1-4H3. The number of aromatic nitrogens is 2. The van der Waals surface area contributed by atoms with Gasteiger partial charge in [-0.2, -0.15) is 0 Å². The average Bonchev–Trinajstić information content (AvgIpc) is 2.87. The fourth-order valence-corrected chi connectivity index (χ4v) is 5.20. The van der Waals surface area contributed by atoms with Crippen molar-refractivity contribution in [3.05, 3.63) is 65.4 Å². The van der Waals surface area contributed by atoms with Gasteiger partial charge in [0.25, 0.3) is 0 Å². The van der Waals surface area contributed by atoms with Crippen molar-refractivity contribution in [1.82, 2.24) is 15.3 Å². The molecular weight excluding hydrogens is 479 g/mol. The fourth-order valence-electron chi connectivity index (χ4n) is 5.20. The molecule has 0 aliphatic carbocycles. The van der Waals surface area contributed by atoms with E-state index < -0.39 is 11.6 Å². The molecule has 196 valence electrons. The third-order valence-electron chi connectivity index (χ3n) is 7.18. The summed E-state index contributed by atoms with van der Waals surface area (Å²) < 4.78 is 50.9. The highest BCUT2D eigenvalue weighted by atomic mass is 19.1. The zero-order chi connectivity index (χ0) is 26.3. The third kappa shape index (κ3) is 4.97. The van der Waals surface area contributed by atoms with E-state index in [9.17, 15) is 8.78 Å². The smallest absolute Gasteiger partial charge is 0.178 e. The van der Waals surface area contributed by atoms with E-state index in [0.29, 0.717) is 28.3 Å². The summed E-state index contributed by atoms with van der Waals surface area (Å²) in [6.07, 6.45) is 1.10. The van der Waals surface area contributed by atoms with Crippen molar-refractivity contribution in [1.29, 1.82) is 0 Å². The number of fused-ring (bicyclic) bond motifs is 1. The van der Waals surface area contributed by atoms with Crippen molar-refractivity contribution in [3.63, 3.8) is 0 Å². The lowest BCUT2D eigenvalue weighted by molar-refractivity contribution is 0.164. The van der Waals surface area contributed by atoms with Gasteiger partial charge >= 0.3 is 0 Å². The van der Waals surface area contributed by atoms with E-state index in [4.69, 9.17) is 4.74 Å². The Morgan fingerprint density at radius 2 is 1.76 bits per heavy atom. The SMILES string of the molecule is CC1Oc2c(F)cc(-c3nc(Cc4ccc(N5CCNCC5)c(F)c4)ncc3F)cc2N(C(C)C)C1C. The van der Waals surface area contributed by atoms with Crippen LogP contribution in [0.25, 0.3) is 11.3 Å². The molecule has 0 radical (unpaired) electrons. The van der Waals surface area contributed by atoms with Crippen molar-refractivity contribution in [2.75, 3.05) is 36.0 Å². The minimum atomic E-state index is -0.655. The van der Waals surface area contributed by atoms with Crippen LogP contribution in [-0.4, -0.2) is 54.3 Å². The van der Waals surface area contributed by atoms with Crippen molar-refractivity contribution < 1.29 is 17.9 Å². The molecule has 1 saturated heterocycles. The Balaban J connectivity index is 1.45. The van der Waals surface area contributed by atoms with E-state index in [2.05, 4.69) is 20.2 Å². The predicted octanol–water partition coefficient (Wildman–Crippen LogP) is 4.95. The number of ether oxygens (including phenoxy) is 1. The molecule has 1 fully saturated rings. The molecule has 3 aromatic rings. The Hall–Kier alpha value is -3.33. The first kappa shape index (κ1) is 25.3. The first-order chi connectivity index (χ1) is 17.7. The van der Waals surface area contributed by atoms with Crippen LogP contribution in [0, 0.1) is 17.5 Å².